The van der Waals surface area contributed by atoms with E-state index in [4.69, 9.17) is 23.2 Å². The molecule has 1 aromatic heterocycles. The summed E-state index contributed by atoms with van der Waals surface area (Å²) in [7, 11) is 0. The summed E-state index contributed by atoms with van der Waals surface area (Å²) in [5, 5.41) is 2.94. The Morgan fingerprint density at radius 2 is 1.87 bits per heavy atom. The first kappa shape index (κ1) is 13.3. The minimum Gasteiger partial charge on any atom is -0.146 e. The van der Waals surface area contributed by atoms with Gasteiger partial charge in [0.1, 0.15) is 0 Å². The Bertz CT molecular complexity index is 277. The van der Waals surface area contributed by atoms with E-state index in [1.54, 1.807) is 11.3 Å². The minimum absolute atomic E-state index is 0.0948. The van der Waals surface area contributed by atoms with Crippen LogP contribution in [0.3, 0.4) is 0 Å². The van der Waals surface area contributed by atoms with Gasteiger partial charge >= 0.3 is 0 Å². The molecule has 1 unspecified atom stereocenters. The molecule has 0 radical (unpaired) electrons. The first-order valence-corrected chi connectivity index (χ1v) is 7.27. The predicted molar refractivity (Wildman–Crippen MR) is 71.2 cm³/mol. The standard InChI is InChI=1S/C12H18Cl2S/c1-3-5-9(6-4-2)11(14)12-10(13)7-8-15-12/h7-9,11H,3-6H2,1-2H3. The Morgan fingerprint density at radius 3 is 2.27 bits per heavy atom. The molecule has 1 heterocycles. The lowest BCUT2D eigenvalue weighted by Gasteiger charge is -2.20. The third-order valence-electron chi connectivity index (χ3n) is 2.63. The lowest BCUT2D eigenvalue weighted by Crippen LogP contribution is -2.07. The first-order valence-electron chi connectivity index (χ1n) is 5.57. The monoisotopic (exact) mass is 264 g/mol. The molecule has 0 aliphatic carbocycles. The molecule has 0 aliphatic rings. The van der Waals surface area contributed by atoms with Crippen LogP contribution in [0.15, 0.2) is 11.4 Å². The quantitative estimate of drug-likeness (QED) is 0.562. The zero-order chi connectivity index (χ0) is 11.3. The van der Waals surface area contributed by atoms with Gasteiger partial charge in [0.2, 0.25) is 0 Å². The van der Waals surface area contributed by atoms with Crippen LogP contribution in [0.4, 0.5) is 0 Å². The van der Waals surface area contributed by atoms with Crippen molar-refractivity contribution in [2.45, 2.75) is 44.9 Å². The van der Waals surface area contributed by atoms with Gasteiger partial charge in [0, 0.05) is 4.88 Å². The van der Waals surface area contributed by atoms with Crippen LogP contribution in [0.25, 0.3) is 0 Å². The summed E-state index contributed by atoms with van der Waals surface area (Å²) in [6.45, 7) is 4.42. The Hall–Kier alpha value is 0.280. The molecule has 86 valence electrons. The fraction of sp³-hybridized carbons (Fsp3) is 0.667. The molecule has 1 atom stereocenters. The number of thiophene rings is 1. The van der Waals surface area contributed by atoms with Gasteiger partial charge in [-0.1, -0.05) is 38.3 Å². The number of halogens is 2. The van der Waals surface area contributed by atoms with Gasteiger partial charge in [-0.15, -0.1) is 22.9 Å². The highest BCUT2D eigenvalue weighted by Gasteiger charge is 2.22. The number of rotatable bonds is 6. The SMILES string of the molecule is CCCC(CCC)C(Cl)c1sccc1Cl. The third-order valence-corrected chi connectivity index (χ3v) is 4.77. The zero-order valence-electron chi connectivity index (χ0n) is 9.30. The summed E-state index contributed by atoms with van der Waals surface area (Å²) in [6.07, 6.45) is 4.76. The summed E-state index contributed by atoms with van der Waals surface area (Å²) < 4.78 is 0. The maximum absolute atomic E-state index is 6.50. The van der Waals surface area contributed by atoms with Crippen molar-refractivity contribution < 1.29 is 0 Å². The predicted octanol–water partition coefficient (Wildman–Crippen LogP) is 5.90. The second-order valence-corrected chi connectivity index (χ2v) is 5.70. The normalized spacial score (nSPS) is 13.4. The van der Waals surface area contributed by atoms with Crippen molar-refractivity contribution >= 4 is 34.5 Å². The van der Waals surface area contributed by atoms with Crippen LogP contribution in [-0.2, 0) is 0 Å². The largest absolute Gasteiger partial charge is 0.146 e. The van der Waals surface area contributed by atoms with Crippen molar-refractivity contribution in [1.29, 1.82) is 0 Å². The summed E-state index contributed by atoms with van der Waals surface area (Å²) in [6, 6.07) is 1.94. The maximum atomic E-state index is 6.50. The summed E-state index contributed by atoms with van der Waals surface area (Å²) in [5.74, 6) is 0.567. The summed E-state index contributed by atoms with van der Waals surface area (Å²) in [4.78, 5) is 1.14. The Morgan fingerprint density at radius 1 is 1.27 bits per heavy atom. The highest BCUT2D eigenvalue weighted by molar-refractivity contribution is 7.11. The van der Waals surface area contributed by atoms with Crippen LogP contribution in [0.5, 0.6) is 0 Å². The molecule has 0 spiro atoms. The van der Waals surface area contributed by atoms with Crippen molar-refractivity contribution in [3.63, 3.8) is 0 Å². The first-order chi connectivity index (χ1) is 7.20. The van der Waals surface area contributed by atoms with Gasteiger partial charge in [0.25, 0.3) is 0 Å². The van der Waals surface area contributed by atoms with Gasteiger partial charge in [0.15, 0.2) is 0 Å². The molecule has 0 N–H and O–H groups in total. The fourth-order valence-corrected chi connectivity index (χ4v) is 3.72. The molecule has 0 amide bonds. The molecule has 0 aliphatic heterocycles. The van der Waals surface area contributed by atoms with Gasteiger partial charge in [-0.25, -0.2) is 0 Å². The molecule has 0 nitrogen and oxygen atoms in total. The van der Waals surface area contributed by atoms with Crippen molar-refractivity contribution in [2.24, 2.45) is 5.92 Å². The van der Waals surface area contributed by atoms with E-state index < -0.39 is 0 Å². The average Bonchev–Trinajstić information content (AvgIpc) is 2.63. The number of hydrogen-bond acceptors (Lipinski definition) is 1. The van der Waals surface area contributed by atoms with Crippen LogP contribution < -0.4 is 0 Å². The molecule has 0 saturated heterocycles. The molecule has 0 bridgehead atoms. The van der Waals surface area contributed by atoms with Crippen molar-refractivity contribution in [2.75, 3.05) is 0 Å². The van der Waals surface area contributed by atoms with E-state index in [0.29, 0.717) is 5.92 Å². The summed E-state index contributed by atoms with van der Waals surface area (Å²) >= 11 is 14.3. The van der Waals surface area contributed by atoms with Gasteiger partial charge in [-0.05, 0) is 30.2 Å². The molecule has 15 heavy (non-hydrogen) atoms. The second-order valence-electron chi connectivity index (χ2n) is 3.87. The fourth-order valence-electron chi connectivity index (χ4n) is 1.89. The van der Waals surface area contributed by atoms with Gasteiger partial charge in [0.05, 0.1) is 10.4 Å². The van der Waals surface area contributed by atoms with Crippen LogP contribution in [0.2, 0.25) is 5.02 Å². The highest BCUT2D eigenvalue weighted by atomic mass is 35.5. The molecular weight excluding hydrogens is 247 g/mol. The Kier molecular flexibility index (Phi) is 6.03. The van der Waals surface area contributed by atoms with E-state index in [1.165, 1.54) is 25.7 Å². The number of alkyl halides is 1. The van der Waals surface area contributed by atoms with Crippen LogP contribution >= 0.6 is 34.5 Å². The molecule has 1 aromatic rings. The van der Waals surface area contributed by atoms with Crippen LogP contribution in [0.1, 0.15) is 49.8 Å². The Labute approximate surface area is 107 Å². The second kappa shape index (κ2) is 6.78. The molecule has 0 fully saturated rings. The molecule has 3 heteroatoms. The highest BCUT2D eigenvalue weighted by Crippen LogP contribution is 2.41. The molecule has 0 aromatic carbocycles. The minimum atomic E-state index is 0.0948. The van der Waals surface area contributed by atoms with Crippen molar-refractivity contribution in [1.82, 2.24) is 0 Å². The molecular formula is C12H18Cl2S. The van der Waals surface area contributed by atoms with E-state index in [1.807, 2.05) is 11.4 Å². The Balaban J connectivity index is 2.71. The lowest BCUT2D eigenvalue weighted by atomic mass is 9.93. The van der Waals surface area contributed by atoms with Gasteiger partial charge < -0.3 is 0 Å². The zero-order valence-corrected chi connectivity index (χ0v) is 11.6. The third kappa shape index (κ3) is 3.65. The summed E-state index contributed by atoms with van der Waals surface area (Å²) in [5.41, 5.74) is 0. The molecule has 1 rings (SSSR count). The van der Waals surface area contributed by atoms with E-state index >= 15 is 0 Å². The van der Waals surface area contributed by atoms with Crippen molar-refractivity contribution in [3.05, 3.63) is 21.3 Å². The number of hydrogen-bond donors (Lipinski definition) is 0. The van der Waals surface area contributed by atoms with E-state index in [0.717, 1.165) is 9.90 Å². The smallest absolute Gasteiger partial charge is 0.0721 e. The lowest BCUT2D eigenvalue weighted by molar-refractivity contribution is 0.429. The topological polar surface area (TPSA) is 0 Å². The molecule has 0 saturated carbocycles. The van der Waals surface area contributed by atoms with Gasteiger partial charge in [-0.3, -0.25) is 0 Å². The van der Waals surface area contributed by atoms with Crippen molar-refractivity contribution in [3.8, 4) is 0 Å². The van der Waals surface area contributed by atoms with E-state index in [9.17, 15) is 0 Å². The van der Waals surface area contributed by atoms with E-state index in [2.05, 4.69) is 13.8 Å². The van der Waals surface area contributed by atoms with Crippen LogP contribution in [0, 0.1) is 5.92 Å². The van der Waals surface area contributed by atoms with Crippen LogP contribution in [-0.4, -0.2) is 0 Å². The van der Waals surface area contributed by atoms with E-state index in [-0.39, 0.29) is 5.38 Å². The average molecular weight is 265 g/mol. The maximum Gasteiger partial charge on any atom is 0.0721 e. The van der Waals surface area contributed by atoms with Gasteiger partial charge in [-0.2, -0.15) is 0 Å².